The average Bonchev–Trinajstić information content (AvgIpc) is 3.38. The summed E-state index contributed by atoms with van der Waals surface area (Å²) in [4.78, 5) is 21.2. The lowest BCUT2D eigenvalue weighted by molar-refractivity contribution is 0.0954. The van der Waals surface area contributed by atoms with Crippen molar-refractivity contribution in [1.82, 2.24) is 20.4 Å². The monoisotopic (exact) mass is 404 g/mol. The molecule has 146 valence electrons. The molecule has 4 aromatic rings. The van der Waals surface area contributed by atoms with Crippen molar-refractivity contribution in [3.05, 3.63) is 76.6 Å². The zero-order valence-corrected chi connectivity index (χ0v) is 17.0. The van der Waals surface area contributed by atoms with Gasteiger partial charge in [-0.25, -0.2) is 4.98 Å². The SMILES string of the molecule is Cc1ccc(-c2nc(CCNC(=O)c3ccc(-c4nc(C)no4)cc3)cs2)cc1. The van der Waals surface area contributed by atoms with Crippen LogP contribution in [0.15, 0.2) is 58.4 Å². The summed E-state index contributed by atoms with van der Waals surface area (Å²) >= 11 is 1.62. The number of aryl methyl sites for hydroxylation is 2. The van der Waals surface area contributed by atoms with E-state index in [1.807, 2.05) is 5.38 Å². The Morgan fingerprint density at radius 3 is 2.41 bits per heavy atom. The van der Waals surface area contributed by atoms with Gasteiger partial charge in [-0.3, -0.25) is 4.79 Å². The number of carbonyl (C=O) groups excluding carboxylic acids is 1. The Morgan fingerprint density at radius 2 is 1.72 bits per heavy atom. The minimum atomic E-state index is -0.118. The van der Waals surface area contributed by atoms with Crippen LogP contribution in [0.4, 0.5) is 0 Å². The summed E-state index contributed by atoms with van der Waals surface area (Å²) in [5.74, 6) is 0.906. The van der Waals surface area contributed by atoms with Crippen molar-refractivity contribution in [3.63, 3.8) is 0 Å². The highest BCUT2D eigenvalue weighted by Gasteiger charge is 2.10. The van der Waals surface area contributed by atoms with Gasteiger partial charge in [0, 0.05) is 35.0 Å². The smallest absolute Gasteiger partial charge is 0.257 e. The van der Waals surface area contributed by atoms with E-state index < -0.39 is 0 Å². The van der Waals surface area contributed by atoms with E-state index in [0.29, 0.717) is 30.2 Å². The van der Waals surface area contributed by atoms with E-state index >= 15 is 0 Å². The maximum Gasteiger partial charge on any atom is 0.257 e. The second kappa shape index (κ2) is 8.36. The number of nitrogens with one attached hydrogen (secondary N) is 1. The molecule has 29 heavy (non-hydrogen) atoms. The lowest BCUT2D eigenvalue weighted by Gasteiger charge is -2.04. The van der Waals surface area contributed by atoms with E-state index in [1.165, 1.54) is 5.56 Å². The van der Waals surface area contributed by atoms with Gasteiger partial charge in [0.1, 0.15) is 5.01 Å². The fraction of sp³-hybridized carbons (Fsp3) is 0.182. The molecule has 7 heteroatoms. The first-order chi connectivity index (χ1) is 14.1. The Balaban J connectivity index is 1.31. The zero-order chi connectivity index (χ0) is 20.2. The third-order valence-electron chi connectivity index (χ3n) is 4.44. The number of carbonyl (C=O) groups is 1. The number of rotatable bonds is 6. The molecule has 0 unspecified atom stereocenters. The Kier molecular flexibility index (Phi) is 5.48. The van der Waals surface area contributed by atoms with E-state index in [1.54, 1.807) is 42.5 Å². The molecule has 2 aromatic heterocycles. The van der Waals surface area contributed by atoms with Gasteiger partial charge in [-0.15, -0.1) is 11.3 Å². The van der Waals surface area contributed by atoms with Gasteiger partial charge in [-0.1, -0.05) is 35.0 Å². The summed E-state index contributed by atoms with van der Waals surface area (Å²) in [5, 5.41) is 9.76. The van der Waals surface area contributed by atoms with E-state index in [9.17, 15) is 4.79 Å². The van der Waals surface area contributed by atoms with E-state index in [2.05, 4.69) is 51.6 Å². The molecule has 2 aromatic carbocycles. The number of hydrogen-bond donors (Lipinski definition) is 1. The largest absolute Gasteiger partial charge is 0.352 e. The minimum Gasteiger partial charge on any atom is -0.352 e. The van der Waals surface area contributed by atoms with Crippen LogP contribution in [0, 0.1) is 13.8 Å². The highest BCUT2D eigenvalue weighted by molar-refractivity contribution is 7.13. The van der Waals surface area contributed by atoms with E-state index in [4.69, 9.17) is 4.52 Å². The molecular formula is C22H20N4O2S. The van der Waals surface area contributed by atoms with Gasteiger partial charge >= 0.3 is 0 Å². The van der Waals surface area contributed by atoms with Gasteiger partial charge in [-0.05, 0) is 38.1 Å². The molecule has 0 radical (unpaired) electrons. The Hall–Kier alpha value is -3.32. The second-order valence-corrected chi connectivity index (χ2v) is 7.60. The molecule has 0 aliphatic carbocycles. The molecule has 0 spiro atoms. The van der Waals surface area contributed by atoms with Crippen molar-refractivity contribution in [3.8, 4) is 22.0 Å². The number of nitrogens with zero attached hydrogens (tertiary/aromatic N) is 3. The predicted molar refractivity (Wildman–Crippen MR) is 113 cm³/mol. The number of amides is 1. The van der Waals surface area contributed by atoms with Gasteiger partial charge in [0.25, 0.3) is 11.8 Å². The van der Waals surface area contributed by atoms with Crippen molar-refractivity contribution in [1.29, 1.82) is 0 Å². The Labute approximate surface area is 172 Å². The van der Waals surface area contributed by atoms with Crippen molar-refractivity contribution in [2.75, 3.05) is 6.54 Å². The fourth-order valence-corrected chi connectivity index (χ4v) is 3.70. The van der Waals surface area contributed by atoms with Crippen LogP contribution in [0.2, 0.25) is 0 Å². The van der Waals surface area contributed by atoms with Gasteiger partial charge in [0.15, 0.2) is 5.82 Å². The van der Waals surface area contributed by atoms with Crippen molar-refractivity contribution in [2.45, 2.75) is 20.3 Å². The van der Waals surface area contributed by atoms with Crippen molar-refractivity contribution >= 4 is 17.2 Å². The van der Waals surface area contributed by atoms with Crippen LogP contribution >= 0.6 is 11.3 Å². The lowest BCUT2D eigenvalue weighted by Crippen LogP contribution is -2.25. The quantitative estimate of drug-likeness (QED) is 0.513. The summed E-state index contributed by atoms with van der Waals surface area (Å²) in [6.07, 6.45) is 0.688. The number of thiazole rings is 1. The van der Waals surface area contributed by atoms with Crippen LogP contribution in [0.5, 0.6) is 0 Å². The summed E-state index contributed by atoms with van der Waals surface area (Å²) in [6.45, 7) is 4.36. The molecule has 0 saturated carbocycles. The summed E-state index contributed by atoms with van der Waals surface area (Å²) in [7, 11) is 0. The maximum atomic E-state index is 12.4. The molecule has 0 fully saturated rings. The van der Waals surface area contributed by atoms with Crippen LogP contribution in [-0.2, 0) is 6.42 Å². The molecule has 4 rings (SSSR count). The van der Waals surface area contributed by atoms with Gasteiger partial charge in [-0.2, -0.15) is 4.98 Å². The molecule has 0 aliphatic heterocycles. The van der Waals surface area contributed by atoms with Crippen LogP contribution < -0.4 is 5.32 Å². The van der Waals surface area contributed by atoms with Crippen molar-refractivity contribution in [2.24, 2.45) is 0 Å². The van der Waals surface area contributed by atoms with Gasteiger partial charge in [0.2, 0.25) is 0 Å². The Morgan fingerprint density at radius 1 is 1.00 bits per heavy atom. The first-order valence-electron chi connectivity index (χ1n) is 9.29. The predicted octanol–water partition coefficient (Wildman–Crippen LogP) is 4.45. The molecular weight excluding hydrogens is 384 g/mol. The van der Waals surface area contributed by atoms with Gasteiger partial charge in [0.05, 0.1) is 5.69 Å². The average molecular weight is 404 g/mol. The van der Waals surface area contributed by atoms with Crippen LogP contribution in [-0.4, -0.2) is 27.6 Å². The Bertz CT molecular complexity index is 1110. The topological polar surface area (TPSA) is 80.9 Å². The third-order valence-corrected chi connectivity index (χ3v) is 5.38. The minimum absolute atomic E-state index is 0.118. The highest BCUT2D eigenvalue weighted by atomic mass is 32.1. The van der Waals surface area contributed by atoms with E-state index in [0.717, 1.165) is 21.8 Å². The molecule has 0 aliphatic rings. The van der Waals surface area contributed by atoms with Gasteiger partial charge < -0.3 is 9.84 Å². The number of benzene rings is 2. The zero-order valence-electron chi connectivity index (χ0n) is 16.2. The van der Waals surface area contributed by atoms with Crippen molar-refractivity contribution < 1.29 is 9.32 Å². The molecule has 2 heterocycles. The molecule has 1 N–H and O–H groups in total. The number of aromatic nitrogens is 3. The fourth-order valence-electron chi connectivity index (χ4n) is 2.84. The second-order valence-electron chi connectivity index (χ2n) is 6.74. The van der Waals surface area contributed by atoms with Crippen LogP contribution in [0.3, 0.4) is 0 Å². The summed E-state index contributed by atoms with van der Waals surface area (Å²) in [5.41, 5.74) is 4.70. The molecule has 0 atom stereocenters. The lowest BCUT2D eigenvalue weighted by atomic mass is 10.1. The molecule has 0 saturated heterocycles. The third kappa shape index (κ3) is 4.57. The summed E-state index contributed by atoms with van der Waals surface area (Å²) < 4.78 is 5.14. The first kappa shape index (κ1) is 19.0. The van der Waals surface area contributed by atoms with Crippen LogP contribution in [0.25, 0.3) is 22.0 Å². The standard InChI is InChI=1S/C22H20N4O2S/c1-14-3-5-18(6-4-14)22-25-19(13-29-22)11-12-23-20(27)16-7-9-17(10-8-16)21-24-15(2)26-28-21/h3-10,13H,11-12H2,1-2H3,(H,23,27). The molecule has 1 amide bonds. The van der Waals surface area contributed by atoms with Crippen LogP contribution in [0.1, 0.15) is 27.4 Å². The van der Waals surface area contributed by atoms with E-state index in [-0.39, 0.29) is 5.91 Å². The highest BCUT2D eigenvalue weighted by Crippen LogP contribution is 2.24. The summed E-state index contributed by atoms with van der Waals surface area (Å²) in [6, 6.07) is 15.4. The number of hydrogen-bond acceptors (Lipinski definition) is 6. The first-order valence-corrected chi connectivity index (χ1v) is 10.2. The molecule has 6 nitrogen and oxygen atoms in total. The maximum absolute atomic E-state index is 12.4. The molecule has 0 bridgehead atoms. The normalized spacial score (nSPS) is 10.8.